The summed E-state index contributed by atoms with van der Waals surface area (Å²) in [6.45, 7) is 6.38. The molecule has 4 fully saturated rings. The Morgan fingerprint density at radius 1 is 1.19 bits per heavy atom. The van der Waals surface area contributed by atoms with Gasteiger partial charge in [-0.2, -0.15) is 0 Å². The average Bonchev–Trinajstić information content (AvgIpc) is 3.31. The van der Waals surface area contributed by atoms with E-state index in [2.05, 4.69) is 4.84 Å². The fraction of sp³-hybridized carbons (Fsp3) is 0.767. The fourth-order valence-corrected chi connectivity index (χ4v) is 8.82. The van der Waals surface area contributed by atoms with E-state index in [1.807, 2.05) is 6.92 Å². The second kappa shape index (κ2) is 10.5. The molecule has 12 heteroatoms. The molecular weight excluding hydrogens is 553 g/mol. The van der Waals surface area contributed by atoms with Gasteiger partial charge in [0, 0.05) is 23.2 Å². The molecule has 1 saturated heterocycles. The van der Waals surface area contributed by atoms with Crippen LogP contribution in [0, 0.1) is 32.8 Å². The van der Waals surface area contributed by atoms with E-state index in [9.17, 15) is 29.6 Å². The molecule has 3 saturated carbocycles. The van der Waals surface area contributed by atoms with E-state index in [1.165, 1.54) is 12.2 Å². The number of aliphatic hydroxyl groups is 1. The van der Waals surface area contributed by atoms with Crippen LogP contribution in [-0.2, 0) is 33.4 Å². The molecule has 1 aliphatic heterocycles. The molecule has 11 nitrogen and oxygen atoms in total. The van der Waals surface area contributed by atoms with Crippen molar-refractivity contribution in [2.45, 2.75) is 108 Å². The van der Waals surface area contributed by atoms with Gasteiger partial charge in [-0.1, -0.05) is 25.0 Å². The van der Waals surface area contributed by atoms with Gasteiger partial charge in [0.05, 0.1) is 18.8 Å². The number of nitrogens with zero attached hydrogens (tertiary/aromatic N) is 1. The Balaban J connectivity index is 1.35. The number of alkyl halides is 1. The van der Waals surface area contributed by atoms with Gasteiger partial charge >= 0.3 is 5.97 Å². The zero-order valence-electron chi connectivity index (χ0n) is 24.6. The lowest BCUT2D eigenvalue weighted by Gasteiger charge is -2.62. The molecule has 4 aliphatic carbocycles. The third-order valence-corrected chi connectivity index (χ3v) is 10.6. The van der Waals surface area contributed by atoms with Crippen LogP contribution >= 0.6 is 0 Å². The van der Waals surface area contributed by atoms with Crippen LogP contribution in [-0.4, -0.2) is 70.2 Å². The van der Waals surface area contributed by atoms with Crippen LogP contribution in [0.5, 0.6) is 0 Å². The van der Waals surface area contributed by atoms with Crippen molar-refractivity contribution in [3.63, 3.8) is 0 Å². The van der Waals surface area contributed by atoms with Crippen molar-refractivity contribution in [3.8, 4) is 0 Å². The first-order chi connectivity index (χ1) is 19.6. The molecule has 1 unspecified atom stereocenters. The number of fused-ring (bicyclic) bond motifs is 7. The Morgan fingerprint density at radius 2 is 1.93 bits per heavy atom. The predicted octanol–water partition coefficient (Wildman–Crippen LogP) is 3.74. The minimum atomic E-state index is -2.06. The van der Waals surface area contributed by atoms with E-state index in [0.717, 1.165) is 0 Å². The molecule has 5 aliphatic rings. The van der Waals surface area contributed by atoms with E-state index >= 15 is 4.39 Å². The van der Waals surface area contributed by atoms with Gasteiger partial charge in [-0.3, -0.25) is 14.4 Å². The topological polar surface area (TPSA) is 152 Å². The van der Waals surface area contributed by atoms with Crippen LogP contribution < -0.4 is 0 Å². The van der Waals surface area contributed by atoms with E-state index < -0.39 is 69.5 Å². The average molecular weight is 594 g/mol. The molecule has 0 aromatic heterocycles. The summed E-state index contributed by atoms with van der Waals surface area (Å²) >= 11 is 0. The number of esters is 1. The number of rotatable bonds is 10. The van der Waals surface area contributed by atoms with Crippen molar-refractivity contribution < 1.29 is 48.0 Å². The molecule has 0 bridgehead atoms. The smallest absolute Gasteiger partial charge is 0.306 e. The maximum Gasteiger partial charge on any atom is 0.306 e. The molecule has 8 atom stereocenters. The highest BCUT2D eigenvalue weighted by Crippen LogP contribution is 2.72. The van der Waals surface area contributed by atoms with Crippen LogP contribution in [0.2, 0.25) is 0 Å². The summed E-state index contributed by atoms with van der Waals surface area (Å²) in [7, 11) is 0. The summed E-state index contributed by atoms with van der Waals surface area (Å²) < 4.78 is 35.5. The number of aliphatic hydroxyl groups excluding tert-OH is 1. The summed E-state index contributed by atoms with van der Waals surface area (Å²) in [5, 5.41) is 21.0. The van der Waals surface area contributed by atoms with Crippen LogP contribution in [0.25, 0.3) is 0 Å². The van der Waals surface area contributed by atoms with E-state index in [0.29, 0.717) is 44.1 Å². The molecule has 0 amide bonds. The number of unbranched alkanes of at least 4 members (excludes halogenated alkanes) is 2. The lowest BCUT2D eigenvalue weighted by atomic mass is 9.44. The molecular formula is C30H40FNO10. The molecule has 1 heterocycles. The molecule has 232 valence electrons. The molecule has 5 rings (SSSR count). The van der Waals surface area contributed by atoms with Gasteiger partial charge in [-0.05, 0) is 77.4 Å². The van der Waals surface area contributed by atoms with Crippen molar-refractivity contribution in [2.24, 2.45) is 22.7 Å². The highest BCUT2D eigenvalue weighted by Gasteiger charge is 2.80. The predicted molar refractivity (Wildman–Crippen MR) is 144 cm³/mol. The number of carbonyl (C=O) groups is 3. The molecule has 0 radical (unpaired) electrons. The van der Waals surface area contributed by atoms with Crippen molar-refractivity contribution >= 4 is 17.5 Å². The molecule has 42 heavy (non-hydrogen) atoms. The fourth-order valence-electron chi connectivity index (χ4n) is 8.82. The number of hydrogen-bond acceptors (Lipinski definition) is 10. The summed E-state index contributed by atoms with van der Waals surface area (Å²) in [5.74, 6) is -3.40. The Hall–Kier alpha value is -2.70. The number of hydrogen-bond donors (Lipinski definition) is 1. The Labute approximate surface area is 243 Å². The number of ether oxygens (including phenoxy) is 3. The largest absolute Gasteiger partial charge is 0.458 e. The molecule has 0 spiro atoms. The first-order valence-corrected chi connectivity index (χ1v) is 14.8. The van der Waals surface area contributed by atoms with E-state index in [1.54, 1.807) is 26.8 Å². The Morgan fingerprint density at radius 3 is 2.64 bits per heavy atom. The zero-order chi connectivity index (χ0) is 30.7. The van der Waals surface area contributed by atoms with Gasteiger partial charge in [0.2, 0.25) is 5.78 Å². The third kappa shape index (κ3) is 4.52. The number of allylic oxidation sites excluding steroid dienone is 4. The number of ketones is 2. The lowest BCUT2D eigenvalue weighted by Crippen LogP contribution is -2.70. The van der Waals surface area contributed by atoms with Gasteiger partial charge < -0.3 is 24.2 Å². The normalized spacial score (nSPS) is 41.2. The van der Waals surface area contributed by atoms with Crippen molar-refractivity contribution in [1.29, 1.82) is 0 Å². The second-order valence-electron chi connectivity index (χ2n) is 13.3. The monoisotopic (exact) mass is 593 g/mol. The number of Topliss-reactive ketones (excluding diaryl/α,β-unsaturated/α-hetero) is 1. The summed E-state index contributed by atoms with van der Waals surface area (Å²) in [5.41, 5.74) is -5.12. The summed E-state index contributed by atoms with van der Waals surface area (Å²) in [6, 6.07) is 0. The van der Waals surface area contributed by atoms with Gasteiger partial charge in [0.15, 0.2) is 29.4 Å². The van der Waals surface area contributed by atoms with Gasteiger partial charge in [-0.15, -0.1) is 10.1 Å². The molecule has 0 aromatic carbocycles. The van der Waals surface area contributed by atoms with Crippen molar-refractivity contribution in [2.75, 3.05) is 13.2 Å². The standard InChI is InChI=1S/C30H40FNO10/c1-26(2)41-24-15-21-20-10-9-18-14-19(33)11-12-27(18,3)29(20,31)22(34)16-28(21,4)30(24,42-26)23(35)17-39-25(36)8-6-5-7-13-40-32(37)38/h11-12,14,20-22,24,34H,5-10,13,15-17H2,1-4H3/t20?,21-,22-,24+,27-,28-,29-,30+/m0/s1. The maximum absolute atomic E-state index is 17.5. The zero-order valence-corrected chi connectivity index (χ0v) is 24.6. The SMILES string of the molecule is CC1(C)O[C@@H]2C[C@H]3C4CCC5=CC(=O)C=C[C@]5(C)[C@@]4(F)[C@@H](O)C[C@]3(C)[C@]2(C(=O)COC(=O)CCCCCO[N+](=O)[O-])O1. The Bertz CT molecular complexity index is 1230. The van der Waals surface area contributed by atoms with Crippen LogP contribution in [0.15, 0.2) is 23.8 Å². The quantitative estimate of drug-likeness (QED) is 0.172. The minimum absolute atomic E-state index is 0.0283. The van der Waals surface area contributed by atoms with Gasteiger partial charge in [0.1, 0.15) is 0 Å². The second-order valence-corrected chi connectivity index (χ2v) is 13.3. The van der Waals surface area contributed by atoms with E-state index in [-0.39, 0.29) is 31.1 Å². The third-order valence-electron chi connectivity index (χ3n) is 10.6. The highest BCUT2D eigenvalue weighted by molar-refractivity contribution is 6.01. The Kier molecular flexibility index (Phi) is 7.67. The van der Waals surface area contributed by atoms with Gasteiger partial charge in [0.25, 0.3) is 5.09 Å². The van der Waals surface area contributed by atoms with E-state index in [4.69, 9.17) is 14.2 Å². The minimum Gasteiger partial charge on any atom is -0.458 e. The van der Waals surface area contributed by atoms with Crippen LogP contribution in [0.3, 0.4) is 0 Å². The van der Waals surface area contributed by atoms with Crippen molar-refractivity contribution in [3.05, 3.63) is 33.9 Å². The van der Waals surface area contributed by atoms with Crippen LogP contribution in [0.4, 0.5) is 4.39 Å². The van der Waals surface area contributed by atoms with Crippen molar-refractivity contribution in [1.82, 2.24) is 0 Å². The number of carbonyl (C=O) groups excluding carboxylic acids is 3. The summed E-state index contributed by atoms with van der Waals surface area (Å²) in [6.07, 6.45) is 4.78. The first kappa shape index (κ1) is 30.7. The lowest BCUT2D eigenvalue weighted by molar-refractivity contribution is -0.757. The molecule has 0 aromatic rings. The number of halogens is 1. The summed E-state index contributed by atoms with van der Waals surface area (Å²) in [4.78, 5) is 53.1. The molecule has 1 N–H and O–H groups in total. The van der Waals surface area contributed by atoms with Gasteiger partial charge in [-0.25, -0.2) is 4.39 Å². The highest BCUT2D eigenvalue weighted by atomic mass is 19.1. The van der Waals surface area contributed by atoms with Crippen LogP contribution in [0.1, 0.15) is 79.1 Å². The maximum atomic E-state index is 17.5. The first-order valence-electron chi connectivity index (χ1n) is 14.8.